The summed E-state index contributed by atoms with van der Waals surface area (Å²) in [7, 11) is 1.66. The number of aromatic nitrogens is 6. The number of hydrogen-bond acceptors (Lipinski definition) is 8. The second kappa shape index (κ2) is 9.43. The van der Waals surface area contributed by atoms with E-state index in [9.17, 15) is 0 Å². The molecule has 1 fully saturated rings. The number of methoxy groups -OCH3 is 1. The summed E-state index contributed by atoms with van der Waals surface area (Å²) in [5.74, 6) is 2.57. The molecule has 3 aromatic heterocycles. The number of halogens is 1. The lowest BCUT2D eigenvalue weighted by Gasteiger charge is -2.35. The zero-order chi connectivity index (χ0) is 24.5. The molecule has 0 saturated carbocycles. The molecule has 0 atom stereocenters. The summed E-state index contributed by atoms with van der Waals surface area (Å²) in [5.41, 5.74) is 3.46. The fourth-order valence-electron chi connectivity index (χ4n) is 4.44. The quantitative estimate of drug-likeness (QED) is 0.355. The number of rotatable bonds is 5. The molecular weight excluding hydrogens is 476 g/mol. The molecule has 1 aliphatic rings. The summed E-state index contributed by atoms with van der Waals surface area (Å²) < 4.78 is 7.02. The molecule has 10 heteroatoms. The van der Waals surface area contributed by atoms with Crippen LogP contribution in [0.1, 0.15) is 0 Å². The molecule has 5 aromatic rings. The molecule has 0 bridgehead atoms. The molecule has 0 spiro atoms. The normalized spacial score (nSPS) is 13.8. The molecule has 2 aromatic carbocycles. The predicted octanol–water partition coefficient (Wildman–Crippen LogP) is 4.26. The molecule has 9 nitrogen and oxygen atoms in total. The molecule has 0 radical (unpaired) electrons. The molecular formula is C26H23ClN8O. The van der Waals surface area contributed by atoms with Crippen LogP contribution in [0.3, 0.4) is 0 Å². The van der Waals surface area contributed by atoms with Gasteiger partial charge in [-0.3, -0.25) is 0 Å². The Hall–Kier alpha value is -4.24. The van der Waals surface area contributed by atoms with Gasteiger partial charge in [-0.15, -0.1) is 10.2 Å². The average Bonchev–Trinajstić information content (AvgIpc) is 3.38. The molecule has 4 heterocycles. The Morgan fingerprint density at radius 2 is 1.67 bits per heavy atom. The highest BCUT2D eigenvalue weighted by Crippen LogP contribution is 2.27. The Labute approximate surface area is 212 Å². The van der Waals surface area contributed by atoms with Crippen molar-refractivity contribution in [1.82, 2.24) is 29.9 Å². The van der Waals surface area contributed by atoms with E-state index in [1.807, 2.05) is 66.9 Å². The lowest BCUT2D eigenvalue weighted by molar-refractivity contribution is 0.415. The third-order valence-electron chi connectivity index (χ3n) is 6.34. The second-order valence-electron chi connectivity index (χ2n) is 8.45. The van der Waals surface area contributed by atoms with E-state index in [-0.39, 0.29) is 0 Å². The Kier molecular flexibility index (Phi) is 5.82. The van der Waals surface area contributed by atoms with E-state index >= 15 is 0 Å². The minimum atomic E-state index is 0.654. The molecule has 6 rings (SSSR count). The zero-order valence-corrected chi connectivity index (χ0v) is 20.4. The minimum absolute atomic E-state index is 0.654. The van der Waals surface area contributed by atoms with Crippen molar-refractivity contribution >= 4 is 34.3 Å². The van der Waals surface area contributed by atoms with Gasteiger partial charge in [-0.1, -0.05) is 17.7 Å². The van der Waals surface area contributed by atoms with E-state index in [0.29, 0.717) is 5.02 Å². The van der Waals surface area contributed by atoms with Gasteiger partial charge in [0.25, 0.3) is 0 Å². The summed E-state index contributed by atoms with van der Waals surface area (Å²) in [5, 5.41) is 15.1. The average molecular weight is 499 g/mol. The second-order valence-corrected chi connectivity index (χ2v) is 8.89. The van der Waals surface area contributed by atoms with Gasteiger partial charge in [-0.05, 0) is 54.6 Å². The maximum atomic E-state index is 6.18. The van der Waals surface area contributed by atoms with Gasteiger partial charge in [0, 0.05) is 36.8 Å². The van der Waals surface area contributed by atoms with Gasteiger partial charge < -0.3 is 14.5 Å². The molecule has 36 heavy (non-hydrogen) atoms. The lowest BCUT2D eigenvalue weighted by atomic mass is 10.1. The van der Waals surface area contributed by atoms with Crippen molar-refractivity contribution in [2.75, 3.05) is 43.1 Å². The number of piperazine rings is 1. The summed E-state index contributed by atoms with van der Waals surface area (Å²) in [4.78, 5) is 13.6. The van der Waals surface area contributed by atoms with Crippen molar-refractivity contribution in [2.45, 2.75) is 0 Å². The first-order valence-electron chi connectivity index (χ1n) is 11.6. The van der Waals surface area contributed by atoms with Gasteiger partial charge in [0.1, 0.15) is 17.9 Å². The fourth-order valence-corrected chi connectivity index (χ4v) is 4.62. The SMILES string of the molecule is COc1ccc(-c2ccc(N3CCN(c4ncnc5c4cnn5-c4cccc(Cl)c4)CC3)nn2)cc1. The van der Waals surface area contributed by atoms with Crippen LogP contribution in [0, 0.1) is 0 Å². The topological polar surface area (TPSA) is 85.1 Å². The standard InChI is InChI=1S/C26H23ClN8O/c1-36-21-7-5-18(6-8-21)23-9-10-24(32-31-23)33-11-13-34(14-12-33)25-22-16-30-35(26(22)29-17-28-25)20-4-2-3-19(27)15-20/h2-10,15-17H,11-14H2,1H3. The van der Waals surface area contributed by atoms with Crippen LogP contribution in [0.15, 0.2) is 73.2 Å². The fraction of sp³-hybridized carbons (Fsp3) is 0.192. The van der Waals surface area contributed by atoms with Gasteiger partial charge in [-0.2, -0.15) is 5.10 Å². The van der Waals surface area contributed by atoms with Gasteiger partial charge in [-0.25, -0.2) is 14.6 Å². The summed E-state index contributed by atoms with van der Waals surface area (Å²) in [6, 6.07) is 19.4. The Morgan fingerprint density at radius 3 is 2.39 bits per heavy atom. The Bertz CT molecular complexity index is 1500. The highest BCUT2D eigenvalue weighted by molar-refractivity contribution is 6.30. The maximum Gasteiger partial charge on any atom is 0.168 e. The Balaban J connectivity index is 1.17. The van der Waals surface area contributed by atoms with Crippen molar-refractivity contribution in [3.63, 3.8) is 0 Å². The highest BCUT2D eigenvalue weighted by atomic mass is 35.5. The van der Waals surface area contributed by atoms with E-state index in [4.69, 9.17) is 16.3 Å². The third-order valence-corrected chi connectivity index (χ3v) is 6.57. The van der Waals surface area contributed by atoms with Gasteiger partial charge >= 0.3 is 0 Å². The monoisotopic (exact) mass is 498 g/mol. The number of ether oxygens (including phenoxy) is 1. The summed E-state index contributed by atoms with van der Waals surface area (Å²) in [6.07, 6.45) is 3.41. The van der Waals surface area contributed by atoms with Crippen molar-refractivity contribution in [3.8, 4) is 22.7 Å². The molecule has 0 aliphatic carbocycles. The van der Waals surface area contributed by atoms with Crippen LogP contribution in [0.2, 0.25) is 5.02 Å². The third kappa shape index (κ3) is 4.18. The van der Waals surface area contributed by atoms with Crippen LogP contribution in [-0.2, 0) is 0 Å². The lowest BCUT2D eigenvalue weighted by Crippen LogP contribution is -2.47. The van der Waals surface area contributed by atoms with E-state index in [0.717, 1.165) is 71.5 Å². The maximum absolute atomic E-state index is 6.18. The van der Waals surface area contributed by atoms with Gasteiger partial charge in [0.15, 0.2) is 11.5 Å². The zero-order valence-electron chi connectivity index (χ0n) is 19.6. The van der Waals surface area contributed by atoms with Crippen LogP contribution in [-0.4, -0.2) is 63.2 Å². The van der Waals surface area contributed by atoms with Crippen LogP contribution in [0.5, 0.6) is 5.75 Å². The van der Waals surface area contributed by atoms with Crippen molar-refractivity contribution < 1.29 is 4.74 Å². The van der Waals surface area contributed by atoms with Gasteiger partial charge in [0.2, 0.25) is 0 Å². The van der Waals surface area contributed by atoms with E-state index in [1.54, 1.807) is 18.1 Å². The number of nitrogens with zero attached hydrogens (tertiary/aromatic N) is 8. The van der Waals surface area contributed by atoms with Crippen LogP contribution in [0.4, 0.5) is 11.6 Å². The number of fused-ring (bicyclic) bond motifs is 1. The van der Waals surface area contributed by atoms with Gasteiger partial charge in [0.05, 0.1) is 30.1 Å². The molecule has 180 valence electrons. The molecule has 0 N–H and O–H groups in total. The molecule has 0 amide bonds. The van der Waals surface area contributed by atoms with Crippen molar-refractivity contribution in [1.29, 1.82) is 0 Å². The van der Waals surface area contributed by atoms with Crippen LogP contribution >= 0.6 is 11.6 Å². The van der Waals surface area contributed by atoms with E-state index in [2.05, 4.69) is 35.1 Å². The largest absolute Gasteiger partial charge is 0.497 e. The number of hydrogen-bond donors (Lipinski definition) is 0. The van der Waals surface area contributed by atoms with Crippen molar-refractivity contribution in [2.24, 2.45) is 0 Å². The van der Waals surface area contributed by atoms with Crippen molar-refractivity contribution in [3.05, 3.63) is 78.2 Å². The molecule has 0 unspecified atom stereocenters. The van der Waals surface area contributed by atoms with Crippen LogP contribution < -0.4 is 14.5 Å². The smallest absolute Gasteiger partial charge is 0.168 e. The number of anilines is 2. The predicted molar refractivity (Wildman–Crippen MR) is 140 cm³/mol. The number of benzene rings is 2. The van der Waals surface area contributed by atoms with E-state index in [1.165, 1.54) is 0 Å². The Morgan fingerprint density at radius 1 is 0.861 bits per heavy atom. The molecule has 1 aliphatic heterocycles. The summed E-state index contributed by atoms with van der Waals surface area (Å²) in [6.45, 7) is 3.22. The first-order valence-corrected chi connectivity index (χ1v) is 12.0. The summed E-state index contributed by atoms with van der Waals surface area (Å²) >= 11 is 6.18. The first-order chi connectivity index (χ1) is 17.7. The highest BCUT2D eigenvalue weighted by Gasteiger charge is 2.22. The first kappa shape index (κ1) is 22.2. The van der Waals surface area contributed by atoms with Crippen LogP contribution in [0.25, 0.3) is 28.0 Å². The van der Waals surface area contributed by atoms with E-state index < -0.39 is 0 Å². The minimum Gasteiger partial charge on any atom is -0.497 e. The molecule has 1 saturated heterocycles.